The average Bonchev–Trinajstić information content (AvgIpc) is 3.38. The molecule has 0 radical (unpaired) electrons. The van der Waals surface area contributed by atoms with Crippen LogP contribution in [0.5, 0.6) is 11.5 Å². The minimum absolute atomic E-state index is 0.199. The molecule has 2 aromatic heterocycles. The third kappa shape index (κ3) is 3.65. The molecule has 5 heteroatoms. The van der Waals surface area contributed by atoms with E-state index in [1.807, 2.05) is 42.6 Å². The molecule has 0 unspecified atom stereocenters. The number of methoxy groups -OCH3 is 1. The van der Waals surface area contributed by atoms with E-state index in [1.165, 1.54) is 0 Å². The van der Waals surface area contributed by atoms with E-state index in [4.69, 9.17) is 14.1 Å². The fourth-order valence-electron chi connectivity index (χ4n) is 3.41. The van der Waals surface area contributed by atoms with Crippen LogP contribution in [0.25, 0.3) is 34.7 Å². The maximum Gasteiger partial charge on any atom is 0.200 e. The third-order valence-corrected chi connectivity index (χ3v) is 4.95. The molecule has 5 nitrogen and oxygen atoms in total. The molecule has 0 fully saturated rings. The van der Waals surface area contributed by atoms with Crippen LogP contribution in [0, 0.1) is 0 Å². The zero-order valence-corrected chi connectivity index (χ0v) is 16.7. The van der Waals surface area contributed by atoms with Crippen LogP contribution >= 0.6 is 0 Å². The highest BCUT2D eigenvalue weighted by atomic mass is 16.5. The molecular weight excluding hydrogens is 376 g/mol. The Morgan fingerprint density at radius 2 is 1.73 bits per heavy atom. The minimum Gasteiger partial charge on any atom is -0.508 e. The van der Waals surface area contributed by atoms with Crippen molar-refractivity contribution >= 4 is 12.2 Å². The van der Waals surface area contributed by atoms with E-state index in [0.717, 1.165) is 39.4 Å². The van der Waals surface area contributed by atoms with Gasteiger partial charge < -0.3 is 19.2 Å². The van der Waals surface area contributed by atoms with Gasteiger partial charge in [0.15, 0.2) is 11.7 Å². The van der Waals surface area contributed by atoms with E-state index in [1.54, 1.807) is 31.4 Å². The lowest BCUT2D eigenvalue weighted by Crippen LogP contribution is -1.90. The van der Waals surface area contributed by atoms with Crippen molar-refractivity contribution in [3.05, 3.63) is 90.6 Å². The SMILES string of the molecule is C=Cc1[nH]cc(Cc2nc(-c3ccc(OC)cc3)c(-c3ccc(O)cc3)o2)c1C=C. The fraction of sp³-hybridized carbons (Fsp3) is 0.0800. The van der Waals surface area contributed by atoms with Crippen molar-refractivity contribution in [1.29, 1.82) is 0 Å². The molecule has 0 saturated carbocycles. The minimum atomic E-state index is 0.199. The van der Waals surface area contributed by atoms with Crippen molar-refractivity contribution < 1.29 is 14.3 Å². The molecule has 0 bridgehead atoms. The number of hydrogen-bond acceptors (Lipinski definition) is 4. The number of benzene rings is 2. The molecule has 4 aromatic rings. The molecule has 2 aromatic carbocycles. The van der Waals surface area contributed by atoms with Crippen molar-refractivity contribution in [3.8, 4) is 34.1 Å². The van der Waals surface area contributed by atoms with Gasteiger partial charge in [0.2, 0.25) is 0 Å². The number of H-pyrrole nitrogens is 1. The molecule has 0 spiro atoms. The number of nitrogens with zero attached hydrogens (tertiary/aromatic N) is 1. The molecular formula is C25H22N2O3. The van der Waals surface area contributed by atoms with Gasteiger partial charge in [-0.15, -0.1) is 0 Å². The maximum atomic E-state index is 9.65. The zero-order chi connectivity index (χ0) is 21.1. The fourth-order valence-corrected chi connectivity index (χ4v) is 3.41. The smallest absolute Gasteiger partial charge is 0.200 e. The Bertz CT molecular complexity index is 1180. The first-order valence-electron chi connectivity index (χ1n) is 9.51. The maximum absolute atomic E-state index is 9.65. The summed E-state index contributed by atoms with van der Waals surface area (Å²) in [5, 5.41) is 9.65. The Kier molecular flexibility index (Phi) is 5.26. The largest absolute Gasteiger partial charge is 0.508 e. The summed E-state index contributed by atoms with van der Waals surface area (Å²) in [6.07, 6.45) is 6.00. The Hall–Kier alpha value is -3.99. The highest BCUT2D eigenvalue weighted by molar-refractivity contribution is 5.77. The number of aromatic nitrogens is 2. The van der Waals surface area contributed by atoms with Gasteiger partial charge in [-0.2, -0.15) is 0 Å². The number of ether oxygens (including phenoxy) is 1. The standard InChI is InChI=1S/C25H22N2O3/c1-4-21-18(15-26-22(21)5-2)14-23-27-24(16-8-12-20(29-3)13-9-16)25(30-23)17-6-10-19(28)11-7-17/h4-13,15,26,28H,1-2,14H2,3H3. The van der Waals surface area contributed by atoms with Gasteiger partial charge in [-0.25, -0.2) is 4.98 Å². The second-order valence-corrected chi connectivity index (χ2v) is 6.79. The van der Waals surface area contributed by atoms with Gasteiger partial charge in [0.1, 0.15) is 17.2 Å². The molecule has 0 aliphatic rings. The van der Waals surface area contributed by atoms with E-state index in [2.05, 4.69) is 18.1 Å². The monoisotopic (exact) mass is 398 g/mol. The summed E-state index contributed by atoms with van der Waals surface area (Å²) in [5.41, 5.74) is 5.42. The first kappa shape index (κ1) is 19.3. The second-order valence-electron chi connectivity index (χ2n) is 6.79. The van der Waals surface area contributed by atoms with Gasteiger partial charge in [-0.1, -0.05) is 19.2 Å². The van der Waals surface area contributed by atoms with Gasteiger partial charge in [0.25, 0.3) is 0 Å². The van der Waals surface area contributed by atoms with Crippen LogP contribution in [0.2, 0.25) is 0 Å². The lowest BCUT2D eigenvalue weighted by Gasteiger charge is -2.03. The lowest BCUT2D eigenvalue weighted by molar-refractivity contribution is 0.415. The number of hydrogen-bond donors (Lipinski definition) is 2. The predicted octanol–water partition coefficient (Wildman–Crippen LogP) is 5.93. The number of oxazole rings is 1. The average molecular weight is 398 g/mol. The molecule has 0 amide bonds. The summed E-state index contributed by atoms with van der Waals surface area (Å²) >= 11 is 0. The van der Waals surface area contributed by atoms with E-state index in [9.17, 15) is 5.11 Å². The Balaban J connectivity index is 1.79. The van der Waals surface area contributed by atoms with Gasteiger partial charge in [-0.3, -0.25) is 0 Å². The summed E-state index contributed by atoms with van der Waals surface area (Å²) in [6, 6.07) is 14.6. The van der Waals surface area contributed by atoms with Gasteiger partial charge >= 0.3 is 0 Å². The normalized spacial score (nSPS) is 10.7. The highest BCUT2D eigenvalue weighted by Crippen LogP contribution is 2.35. The molecule has 2 N–H and O–H groups in total. The first-order valence-corrected chi connectivity index (χ1v) is 9.51. The molecule has 2 heterocycles. The van der Waals surface area contributed by atoms with Crippen molar-refractivity contribution in [2.75, 3.05) is 7.11 Å². The number of aromatic amines is 1. The van der Waals surface area contributed by atoms with E-state index in [0.29, 0.717) is 18.1 Å². The number of phenolic OH excluding ortho intramolecular Hbond substituents is 1. The lowest BCUT2D eigenvalue weighted by atomic mass is 10.1. The van der Waals surface area contributed by atoms with E-state index < -0.39 is 0 Å². The topological polar surface area (TPSA) is 71.3 Å². The number of nitrogens with one attached hydrogen (secondary N) is 1. The Labute approximate surface area is 175 Å². The van der Waals surface area contributed by atoms with Crippen LogP contribution in [0.4, 0.5) is 0 Å². The van der Waals surface area contributed by atoms with Crippen LogP contribution in [-0.2, 0) is 6.42 Å². The molecule has 4 rings (SSSR count). The van der Waals surface area contributed by atoms with Gasteiger partial charge in [0.05, 0.1) is 13.5 Å². The summed E-state index contributed by atoms with van der Waals surface area (Å²) in [4.78, 5) is 8.00. The summed E-state index contributed by atoms with van der Waals surface area (Å²) in [6.45, 7) is 7.73. The van der Waals surface area contributed by atoms with E-state index >= 15 is 0 Å². The van der Waals surface area contributed by atoms with Crippen LogP contribution < -0.4 is 4.74 Å². The van der Waals surface area contributed by atoms with Crippen molar-refractivity contribution in [3.63, 3.8) is 0 Å². The number of phenols is 1. The quantitative estimate of drug-likeness (QED) is 0.405. The Morgan fingerprint density at radius 1 is 1.03 bits per heavy atom. The predicted molar refractivity (Wildman–Crippen MR) is 119 cm³/mol. The highest BCUT2D eigenvalue weighted by Gasteiger charge is 2.19. The summed E-state index contributed by atoms with van der Waals surface area (Å²) in [7, 11) is 1.64. The zero-order valence-electron chi connectivity index (χ0n) is 16.7. The first-order chi connectivity index (χ1) is 14.6. The second kappa shape index (κ2) is 8.17. The summed E-state index contributed by atoms with van der Waals surface area (Å²) < 4.78 is 11.5. The molecule has 0 atom stereocenters. The van der Waals surface area contributed by atoms with Crippen molar-refractivity contribution in [2.45, 2.75) is 6.42 Å². The van der Waals surface area contributed by atoms with Gasteiger partial charge in [-0.05, 0) is 60.2 Å². The Morgan fingerprint density at radius 3 is 2.37 bits per heavy atom. The molecule has 30 heavy (non-hydrogen) atoms. The third-order valence-electron chi connectivity index (χ3n) is 4.95. The van der Waals surface area contributed by atoms with Crippen LogP contribution in [0.15, 0.2) is 72.3 Å². The molecule has 150 valence electrons. The molecule has 0 aliphatic heterocycles. The molecule has 0 saturated heterocycles. The van der Waals surface area contributed by atoms with Crippen molar-refractivity contribution in [2.24, 2.45) is 0 Å². The summed E-state index contributed by atoms with van der Waals surface area (Å²) in [5.74, 6) is 2.20. The number of aromatic hydroxyl groups is 1. The molecule has 0 aliphatic carbocycles. The van der Waals surface area contributed by atoms with Crippen molar-refractivity contribution in [1.82, 2.24) is 9.97 Å². The number of rotatable bonds is 7. The van der Waals surface area contributed by atoms with Crippen LogP contribution in [0.3, 0.4) is 0 Å². The van der Waals surface area contributed by atoms with Gasteiger partial charge in [0, 0.05) is 28.6 Å². The van der Waals surface area contributed by atoms with Crippen LogP contribution in [-0.4, -0.2) is 22.2 Å². The van der Waals surface area contributed by atoms with Crippen LogP contribution in [0.1, 0.15) is 22.7 Å². The van der Waals surface area contributed by atoms with E-state index in [-0.39, 0.29) is 5.75 Å².